The Morgan fingerprint density at radius 3 is 1.58 bits per heavy atom. The van der Waals surface area contributed by atoms with E-state index in [0.29, 0.717) is 0 Å². The molecule has 60 heavy (non-hydrogen) atoms. The Morgan fingerprint density at radius 1 is 0.283 bits per heavy atom. The van der Waals surface area contributed by atoms with Gasteiger partial charge in [-0.2, -0.15) is 0 Å². The summed E-state index contributed by atoms with van der Waals surface area (Å²) in [6.07, 6.45) is 0. The number of benzene rings is 10. The monoisotopic (exact) mass is 781 g/mol. The van der Waals surface area contributed by atoms with Gasteiger partial charge in [-0.05, 0) is 104 Å². The fraction of sp³-hybridized carbons (Fsp3) is 0. The van der Waals surface area contributed by atoms with Crippen LogP contribution in [0.1, 0.15) is 0 Å². The molecule has 0 unspecified atom stereocenters. The van der Waals surface area contributed by atoms with Gasteiger partial charge in [0.05, 0.1) is 5.69 Å². The normalized spacial score (nSPS) is 11.3. The Balaban J connectivity index is 1.03. The van der Waals surface area contributed by atoms with Crippen LogP contribution < -0.4 is 4.90 Å². The van der Waals surface area contributed by atoms with Gasteiger partial charge >= 0.3 is 0 Å². The summed E-state index contributed by atoms with van der Waals surface area (Å²) in [5.41, 5.74) is 15.3. The van der Waals surface area contributed by atoms with Crippen LogP contribution in [0.2, 0.25) is 0 Å². The van der Waals surface area contributed by atoms with Crippen molar-refractivity contribution < 1.29 is 0 Å². The molecule has 282 valence electrons. The lowest BCUT2D eigenvalue weighted by Gasteiger charge is -2.28. The van der Waals surface area contributed by atoms with E-state index in [4.69, 9.17) is 0 Å². The lowest BCUT2D eigenvalue weighted by Crippen LogP contribution is -2.11. The molecule has 0 N–H and O–H groups in total. The van der Waals surface area contributed by atoms with Gasteiger partial charge < -0.3 is 4.90 Å². The van der Waals surface area contributed by atoms with Crippen molar-refractivity contribution in [1.82, 2.24) is 0 Å². The van der Waals surface area contributed by atoms with Gasteiger partial charge in [0.25, 0.3) is 0 Å². The van der Waals surface area contributed by atoms with Gasteiger partial charge in [-0.1, -0.05) is 188 Å². The number of thiophene rings is 1. The molecule has 0 amide bonds. The number of fused-ring (bicyclic) bond motifs is 4. The van der Waals surface area contributed by atoms with Crippen LogP contribution in [0.3, 0.4) is 0 Å². The van der Waals surface area contributed by atoms with E-state index in [9.17, 15) is 0 Å². The van der Waals surface area contributed by atoms with Gasteiger partial charge in [0.15, 0.2) is 0 Å². The van der Waals surface area contributed by atoms with Crippen molar-refractivity contribution in [3.05, 3.63) is 237 Å². The quantitative estimate of drug-likeness (QED) is 0.148. The van der Waals surface area contributed by atoms with Gasteiger partial charge in [0.1, 0.15) is 0 Å². The fourth-order valence-electron chi connectivity index (χ4n) is 8.64. The van der Waals surface area contributed by atoms with Gasteiger partial charge in [-0.25, -0.2) is 0 Å². The van der Waals surface area contributed by atoms with Gasteiger partial charge in [0.2, 0.25) is 0 Å². The van der Waals surface area contributed by atoms with Crippen molar-refractivity contribution in [3.63, 3.8) is 0 Å². The topological polar surface area (TPSA) is 3.24 Å². The summed E-state index contributed by atoms with van der Waals surface area (Å²) >= 11 is 1.88. The zero-order valence-corrected chi connectivity index (χ0v) is 33.7. The lowest BCUT2D eigenvalue weighted by atomic mass is 9.96. The Morgan fingerprint density at radius 2 is 0.800 bits per heavy atom. The summed E-state index contributed by atoms with van der Waals surface area (Å²) in [7, 11) is 0. The largest absolute Gasteiger partial charge is 0.310 e. The van der Waals surface area contributed by atoms with Crippen LogP contribution in [-0.4, -0.2) is 0 Å². The highest BCUT2D eigenvalue weighted by Crippen LogP contribution is 2.46. The molecular weight excluding hydrogens is 743 g/mol. The Labute approximate surface area is 354 Å². The first kappa shape index (κ1) is 35.6. The number of nitrogens with zero attached hydrogens (tertiary/aromatic N) is 1. The summed E-state index contributed by atoms with van der Waals surface area (Å²) in [6, 6.07) is 86.1. The third kappa shape index (κ3) is 6.63. The van der Waals surface area contributed by atoms with E-state index in [1.54, 1.807) is 0 Å². The molecule has 10 aromatic carbocycles. The van der Waals surface area contributed by atoms with E-state index in [1.165, 1.54) is 86.6 Å². The third-order valence-electron chi connectivity index (χ3n) is 11.7. The highest BCUT2D eigenvalue weighted by Gasteiger charge is 2.20. The van der Waals surface area contributed by atoms with Crippen molar-refractivity contribution in [3.8, 4) is 55.6 Å². The third-order valence-corrected chi connectivity index (χ3v) is 12.9. The van der Waals surface area contributed by atoms with Gasteiger partial charge in [-0.15, -0.1) is 11.3 Å². The van der Waals surface area contributed by atoms with Crippen LogP contribution in [0.5, 0.6) is 0 Å². The zero-order chi connectivity index (χ0) is 39.8. The van der Waals surface area contributed by atoms with Crippen LogP contribution in [0.15, 0.2) is 237 Å². The summed E-state index contributed by atoms with van der Waals surface area (Å²) in [6.45, 7) is 0. The molecule has 2 heteroatoms. The van der Waals surface area contributed by atoms with E-state index in [-0.39, 0.29) is 0 Å². The second-order valence-corrected chi connectivity index (χ2v) is 16.4. The first-order valence-electron chi connectivity index (χ1n) is 20.5. The van der Waals surface area contributed by atoms with E-state index >= 15 is 0 Å². The smallest absolute Gasteiger partial charge is 0.0540 e. The minimum atomic E-state index is 1.10. The molecule has 0 aliphatic heterocycles. The first-order chi connectivity index (χ1) is 29.7. The van der Waals surface area contributed by atoms with Crippen molar-refractivity contribution in [1.29, 1.82) is 0 Å². The highest BCUT2D eigenvalue weighted by atomic mass is 32.1. The Bertz CT molecular complexity index is 3310. The molecule has 0 aliphatic rings. The SMILES string of the molecule is c1ccc(-c2ccc(-c3ccc(N(c4cccc(-c5cccc(-c6ccc7ccccc7c6)c5)c4)c4ccccc4-c4cccc5c4sc4ccccc45)cc3)cc2)cc1. The summed E-state index contributed by atoms with van der Waals surface area (Å²) in [5.74, 6) is 0. The van der Waals surface area contributed by atoms with Gasteiger partial charge in [0, 0.05) is 42.7 Å². The standard InChI is InChI=1S/C58H39NS/c1-2-13-40(14-3-1)42-27-29-43(30-28-42)44-33-35-50(36-34-44)59(56-25-8-6-21-52(56)54-23-12-24-55-53-22-7-9-26-57(53)60-58(54)55)51-20-11-19-48(39-51)46-17-10-18-47(38-46)49-32-31-41-15-4-5-16-45(41)37-49/h1-39H. The second-order valence-electron chi connectivity index (χ2n) is 15.3. The predicted molar refractivity (Wildman–Crippen MR) is 259 cm³/mol. The molecule has 0 atom stereocenters. The molecular formula is C58H39NS. The van der Waals surface area contributed by atoms with E-state index < -0.39 is 0 Å². The van der Waals surface area contributed by atoms with Crippen molar-refractivity contribution in [2.45, 2.75) is 0 Å². The molecule has 1 heterocycles. The molecule has 11 rings (SSSR count). The van der Waals surface area contributed by atoms with Crippen molar-refractivity contribution in [2.24, 2.45) is 0 Å². The number of hydrogen-bond acceptors (Lipinski definition) is 2. The molecule has 0 radical (unpaired) electrons. The van der Waals surface area contributed by atoms with Crippen molar-refractivity contribution in [2.75, 3.05) is 4.90 Å². The molecule has 0 spiro atoms. The number of para-hydroxylation sites is 1. The molecule has 1 aromatic heterocycles. The molecule has 0 saturated heterocycles. The molecule has 0 bridgehead atoms. The molecule has 11 aromatic rings. The van der Waals surface area contributed by atoms with Crippen LogP contribution in [0.25, 0.3) is 86.6 Å². The maximum atomic E-state index is 2.43. The number of rotatable bonds is 8. The maximum Gasteiger partial charge on any atom is 0.0540 e. The van der Waals surface area contributed by atoms with Crippen LogP contribution in [0, 0.1) is 0 Å². The fourth-order valence-corrected chi connectivity index (χ4v) is 9.87. The van der Waals surface area contributed by atoms with E-state index in [1.807, 2.05) is 11.3 Å². The average molecular weight is 782 g/mol. The van der Waals surface area contributed by atoms with E-state index in [2.05, 4.69) is 241 Å². The number of hydrogen-bond donors (Lipinski definition) is 0. The minimum Gasteiger partial charge on any atom is -0.310 e. The summed E-state index contributed by atoms with van der Waals surface area (Å²) in [5, 5.41) is 5.10. The molecule has 0 aliphatic carbocycles. The average Bonchev–Trinajstić information content (AvgIpc) is 3.72. The zero-order valence-electron chi connectivity index (χ0n) is 32.9. The molecule has 1 nitrogen and oxygen atoms in total. The highest BCUT2D eigenvalue weighted by molar-refractivity contribution is 7.26. The van der Waals surface area contributed by atoms with Crippen molar-refractivity contribution >= 4 is 59.3 Å². The molecule has 0 saturated carbocycles. The predicted octanol–water partition coefficient (Wildman–Crippen LogP) is 17.0. The summed E-state index contributed by atoms with van der Waals surface area (Å²) < 4.78 is 2.61. The first-order valence-corrected chi connectivity index (χ1v) is 21.3. The van der Waals surface area contributed by atoms with Crippen LogP contribution in [-0.2, 0) is 0 Å². The van der Waals surface area contributed by atoms with Gasteiger partial charge in [-0.3, -0.25) is 0 Å². The molecule has 0 fully saturated rings. The van der Waals surface area contributed by atoms with Crippen LogP contribution >= 0.6 is 11.3 Å². The summed E-state index contributed by atoms with van der Waals surface area (Å²) in [4.78, 5) is 2.43. The number of anilines is 3. The minimum absolute atomic E-state index is 1.10. The maximum absolute atomic E-state index is 2.43. The second kappa shape index (κ2) is 15.3. The van der Waals surface area contributed by atoms with Crippen LogP contribution in [0.4, 0.5) is 17.1 Å². The lowest BCUT2D eigenvalue weighted by molar-refractivity contribution is 1.28. The Kier molecular flexibility index (Phi) is 9.11. The van der Waals surface area contributed by atoms with E-state index in [0.717, 1.165) is 17.1 Å². The Hall–Kier alpha value is -7.52.